The van der Waals surface area contributed by atoms with Crippen molar-refractivity contribution in [2.24, 2.45) is 0 Å². The molecule has 7 heteroatoms. The molecule has 0 radical (unpaired) electrons. The Morgan fingerprint density at radius 3 is 2.38 bits per heavy atom. The van der Waals surface area contributed by atoms with Gasteiger partial charge in [0.25, 0.3) is 0 Å². The lowest BCUT2D eigenvalue weighted by Gasteiger charge is -2.15. The number of rotatable bonds is 4. The fourth-order valence-electron chi connectivity index (χ4n) is 1.89. The molecule has 1 atom stereocenters. The summed E-state index contributed by atoms with van der Waals surface area (Å²) in [6.45, 7) is 1.60. The number of halogens is 2. The minimum Gasteiger partial charge on any atom is -0.399 e. The zero-order chi connectivity index (χ0) is 15.6. The molecular weight excluding hydrogens is 298 g/mol. The first-order valence-corrected chi connectivity index (χ1v) is 7.61. The summed E-state index contributed by atoms with van der Waals surface area (Å²) < 4.78 is 53.6. The average molecular weight is 312 g/mol. The van der Waals surface area contributed by atoms with E-state index in [1.54, 1.807) is 37.3 Å². The first-order chi connectivity index (χ1) is 9.81. The van der Waals surface area contributed by atoms with E-state index in [0.29, 0.717) is 5.56 Å². The van der Waals surface area contributed by atoms with Crippen LogP contribution in [0.3, 0.4) is 0 Å². The molecule has 0 aliphatic carbocycles. The van der Waals surface area contributed by atoms with Gasteiger partial charge in [0.05, 0.1) is 0 Å². The fraction of sp³-hybridized carbons (Fsp3) is 0.143. The van der Waals surface area contributed by atoms with E-state index in [2.05, 4.69) is 4.72 Å². The molecule has 112 valence electrons. The highest BCUT2D eigenvalue weighted by Gasteiger charge is 2.24. The van der Waals surface area contributed by atoms with E-state index < -0.39 is 32.6 Å². The summed E-state index contributed by atoms with van der Waals surface area (Å²) in [7, 11) is -4.23. The van der Waals surface area contributed by atoms with E-state index in [9.17, 15) is 17.2 Å². The van der Waals surface area contributed by atoms with Crippen molar-refractivity contribution in [3.05, 3.63) is 59.7 Å². The lowest BCUT2D eigenvalue weighted by molar-refractivity contribution is 0.482. The monoisotopic (exact) mass is 312 g/mol. The highest BCUT2D eigenvalue weighted by molar-refractivity contribution is 7.89. The summed E-state index contributed by atoms with van der Waals surface area (Å²) in [4.78, 5) is -0.803. The number of hydrogen-bond donors (Lipinski definition) is 2. The molecule has 0 bridgehead atoms. The molecule has 0 heterocycles. The maximum absolute atomic E-state index is 13.7. The van der Waals surface area contributed by atoms with Crippen LogP contribution >= 0.6 is 0 Å². The minimum absolute atomic E-state index is 0.165. The van der Waals surface area contributed by atoms with Crippen LogP contribution in [-0.2, 0) is 10.0 Å². The summed E-state index contributed by atoms with van der Waals surface area (Å²) in [5.74, 6) is -2.75. The molecule has 21 heavy (non-hydrogen) atoms. The van der Waals surface area contributed by atoms with E-state index in [1.807, 2.05) is 0 Å². The third-order valence-electron chi connectivity index (χ3n) is 2.94. The number of hydrogen-bond acceptors (Lipinski definition) is 3. The third-order valence-corrected chi connectivity index (χ3v) is 4.48. The van der Waals surface area contributed by atoms with Crippen LogP contribution in [0.4, 0.5) is 14.5 Å². The Morgan fingerprint density at radius 2 is 1.76 bits per heavy atom. The van der Waals surface area contributed by atoms with Gasteiger partial charge in [-0.05, 0) is 24.6 Å². The molecule has 2 aromatic carbocycles. The topological polar surface area (TPSA) is 72.2 Å². The summed E-state index contributed by atoms with van der Waals surface area (Å²) in [6.07, 6.45) is 0. The third kappa shape index (κ3) is 3.37. The van der Waals surface area contributed by atoms with Gasteiger partial charge in [-0.15, -0.1) is 0 Å². The van der Waals surface area contributed by atoms with Crippen molar-refractivity contribution in [3.63, 3.8) is 0 Å². The zero-order valence-electron chi connectivity index (χ0n) is 11.2. The van der Waals surface area contributed by atoms with Crippen molar-refractivity contribution in [2.75, 3.05) is 5.73 Å². The molecule has 0 unspecified atom stereocenters. The lowest BCUT2D eigenvalue weighted by atomic mass is 10.1. The molecule has 0 amide bonds. The van der Waals surface area contributed by atoms with Gasteiger partial charge < -0.3 is 5.73 Å². The van der Waals surface area contributed by atoms with Gasteiger partial charge >= 0.3 is 0 Å². The van der Waals surface area contributed by atoms with Crippen molar-refractivity contribution >= 4 is 15.7 Å². The number of anilines is 1. The number of nitrogens with two attached hydrogens (primary N) is 1. The quantitative estimate of drug-likeness (QED) is 0.852. The predicted molar refractivity (Wildman–Crippen MR) is 75.9 cm³/mol. The summed E-state index contributed by atoms with van der Waals surface area (Å²) in [5.41, 5.74) is 5.90. The second-order valence-corrected chi connectivity index (χ2v) is 6.25. The lowest BCUT2D eigenvalue weighted by Crippen LogP contribution is -2.28. The van der Waals surface area contributed by atoms with Gasteiger partial charge in [0, 0.05) is 11.7 Å². The van der Waals surface area contributed by atoms with Crippen LogP contribution in [0.15, 0.2) is 47.4 Å². The Hall–Kier alpha value is -1.99. The molecule has 0 saturated heterocycles. The van der Waals surface area contributed by atoms with E-state index in [1.165, 1.54) is 0 Å². The number of sulfonamides is 1. The molecule has 4 nitrogen and oxygen atoms in total. The standard InChI is InChI=1S/C14H14F2N2O2S/c1-9(10-5-3-2-4-6-10)18-21(19,20)13-8-11(17)7-12(15)14(13)16/h2-9,18H,17H2,1H3/t9-/m1/s1. The van der Waals surface area contributed by atoms with Gasteiger partial charge in [-0.3, -0.25) is 0 Å². The Bertz CT molecular complexity index is 749. The number of nitrogen functional groups attached to an aromatic ring is 1. The highest BCUT2D eigenvalue weighted by Crippen LogP contribution is 2.23. The molecule has 0 aliphatic rings. The molecule has 0 aromatic heterocycles. The van der Waals surface area contributed by atoms with Crippen molar-refractivity contribution in [1.82, 2.24) is 4.72 Å². The second kappa shape index (κ2) is 5.79. The Balaban J connectivity index is 2.35. The van der Waals surface area contributed by atoms with Crippen LogP contribution in [-0.4, -0.2) is 8.42 Å². The van der Waals surface area contributed by atoms with E-state index in [-0.39, 0.29) is 5.69 Å². The van der Waals surface area contributed by atoms with Gasteiger partial charge in [0.15, 0.2) is 11.6 Å². The van der Waals surface area contributed by atoms with Crippen LogP contribution in [0, 0.1) is 11.6 Å². The van der Waals surface area contributed by atoms with Crippen molar-refractivity contribution in [3.8, 4) is 0 Å². The van der Waals surface area contributed by atoms with Gasteiger partial charge in [-0.2, -0.15) is 0 Å². The molecule has 0 spiro atoms. The minimum atomic E-state index is -4.23. The van der Waals surface area contributed by atoms with Crippen molar-refractivity contribution in [1.29, 1.82) is 0 Å². The maximum Gasteiger partial charge on any atom is 0.244 e. The zero-order valence-corrected chi connectivity index (χ0v) is 12.0. The van der Waals surface area contributed by atoms with E-state index in [4.69, 9.17) is 5.73 Å². The van der Waals surface area contributed by atoms with Crippen LogP contribution in [0.5, 0.6) is 0 Å². The van der Waals surface area contributed by atoms with Crippen molar-refractivity contribution < 1.29 is 17.2 Å². The SMILES string of the molecule is C[C@@H](NS(=O)(=O)c1cc(N)cc(F)c1F)c1ccccc1. The van der Waals surface area contributed by atoms with E-state index >= 15 is 0 Å². The Labute approximate surface area is 121 Å². The Morgan fingerprint density at radius 1 is 1.14 bits per heavy atom. The first-order valence-electron chi connectivity index (χ1n) is 6.13. The summed E-state index contributed by atoms with van der Waals surface area (Å²) in [6, 6.07) is 9.76. The van der Waals surface area contributed by atoms with Crippen LogP contribution in [0.2, 0.25) is 0 Å². The number of benzene rings is 2. The molecule has 0 aliphatic heterocycles. The Kier molecular flexibility index (Phi) is 4.24. The number of nitrogens with one attached hydrogen (secondary N) is 1. The molecule has 2 aromatic rings. The van der Waals surface area contributed by atoms with Crippen LogP contribution < -0.4 is 10.5 Å². The summed E-state index contributed by atoms with van der Waals surface area (Å²) in [5, 5.41) is 0. The summed E-state index contributed by atoms with van der Waals surface area (Å²) >= 11 is 0. The second-order valence-electron chi connectivity index (χ2n) is 4.57. The van der Waals surface area contributed by atoms with Crippen LogP contribution in [0.25, 0.3) is 0 Å². The smallest absolute Gasteiger partial charge is 0.244 e. The molecule has 0 fully saturated rings. The van der Waals surface area contributed by atoms with E-state index in [0.717, 1.165) is 12.1 Å². The predicted octanol–water partition coefficient (Wildman–Crippen LogP) is 2.59. The molecular formula is C14H14F2N2O2S. The molecule has 3 N–H and O–H groups in total. The average Bonchev–Trinajstić information content (AvgIpc) is 2.43. The molecule has 2 rings (SSSR count). The highest BCUT2D eigenvalue weighted by atomic mass is 32.2. The maximum atomic E-state index is 13.7. The first kappa shape index (κ1) is 15.4. The normalized spacial score (nSPS) is 13.1. The van der Waals surface area contributed by atoms with Crippen LogP contribution in [0.1, 0.15) is 18.5 Å². The largest absolute Gasteiger partial charge is 0.399 e. The van der Waals surface area contributed by atoms with Gasteiger partial charge in [0.1, 0.15) is 4.90 Å². The van der Waals surface area contributed by atoms with Gasteiger partial charge in [-0.25, -0.2) is 21.9 Å². The van der Waals surface area contributed by atoms with Gasteiger partial charge in [-0.1, -0.05) is 30.3 Å². The molecule has 0 saturated carbocycles. The van der Waals surface area contributed by atoms with Crippen molar-refractivity contribution in [2.45, 2.75) is 17.9 Å². The van der Waals surface area contributed by atoms with Gasteiger partial charge in [0.2, 0.25) is 10.0 Å². The fourth-order valence-corrected chi connectivity index (χ4v) is 3.24.